The van der Waals surface area contributed by atoms with E-state index in [1.165, 1.54) is 7.11 Å². The number of azo groups is 1. The smallest absolute Gasteiger partial charge is 0.255 e. The van der Waals surface area contributed by atoms with Crippen molar-refractivity contribution in [2.75, 3.05) is 19.5 Å². The molecule has 3 rings (SSSR count). The summed E-state index contributed by atoms with van der Waals surface area (Å²) in [7, 11) is 3.07. The van der Waals surface area contributed by atoms with E-state index in [2.05, 4.69) is 15.5 Å². The minimum atomic E-state index is -0.252. The highest BCUT2D eigenvalue weighted by atomic mass is 16.5. The van der Waals surface area contributed by atoms with Gasteiger partial charge in [-0.05, 0) is 47.9 Å². The van der Waals surface area contributed by atoms with Crippen LogP contribution in [0, 0.1) is 0 Å². The summed E-state index contributed by atoms with van der Waals surface area (Å²) in [5, 5.41) is 11.3. The molecule has 140 valence electrons. The normalized spacial score (nSPS) is 15.0. The third-order valence-electron chi connectivity index (χ3n) is 4.43. The van der Waals surface area contributed by atoms with Crippen LogP contribution < -0.4 is 14.8 Å². The van der Waals surface area contributed by atoms with E-state index in [9.17, 15) is 9.59 Å². The number of ether oxygens (including phenoxy) is 2. The molecule has 0 saturated carbocycles. The Labute approximate surface area is 157 Å². The molecule has 1 atom stereocenters. The molecular weight excluding hydrogens is 346 g/mol. The van der Waals surface area contributed by atoms with Crippen molar-refractivity contribution in [1.29, 1.82) is 0 Å². The van der Waals surface area contributed by atoms with Gasteiger partial charge in [0.05, 0.1) is 26.8 Å². The fourth-order valence-corrected chi connectivity index (χ4v) is 3.02. The van der Waals surface area contributed by atoms with E-state index >= 15 is 0 Å². The highest BCUT2D eigenvalue weighted by Gasteiger charge is 2.19. The average Bonchev–Trinajstić information content (AvgIpc) is 2.71. The molecule has 0 aromatic heterocycles. The Balaban J connectivity index is 1.80. The maximum absolute atomic E-state index is 12.6. The third kappa shape index (κ3) is 4.13. The number of methoxy groups -OCH3 is 2. The Morgan fingerprint density at radius 1 is 1.19 bits per heavy atom. The highest BCUT2D eigenvalue weighted by molar-refractivity contribution is 6.04. The van der Waals surface area contributed by atoms with Crippen molar-refractivity contribution in [2.24, 2.45) is 10.2 Å². The van der Waals surface area contributed by atoms with Crippen LogP contribution in [0.25, 0.3) is 0 Å². The summed E-state index contributed by atoms with van der Waals surface area (Å²) in [4.78, 5) is 23.3. The average molecular weight is 367 g/mol. The van der Waals surface area contributed by atoms with Crippen molar-refractivity contribution in [3.8, 4) is 11.5 Å². The molecule has 7 nitrogen and oxygen atoms in total. The van der Waals surface area contributed by atoms with Gasteiger partial charge in [-0.2, -0.15) is 10.2 Å². The second kappa shape index (κ2) is 8.44. The van der Waals surface area contributed by atoms with Gasteiger partial charge in [-0.25, -0.2) is 0 Å². The van der Waals surface area contributed by atoms with Crippen LogP contribution in [-0.2, 0) is 11.3 Å². The molecule has 2 aromatic carbocycles. The number of aldehydes is 1. The maximum atomic E-state index is 12.6. The first-order valence-electron chi connectivity index (χ1n) is 8.62. The number of fused-ring (bicyclic) bond motifs is 1. The molecule has 0 aliphatic carbocycles. The van der Waals surface area contributed by atoms with Crippen molar-refractivity contribution in [3.63, 3.8) is 0 Å². The Morgan fingerprint density at radius 3 is 2.74 bits per heavy atom. The van der Waals surface area contributed by atoms with E-state index in [1.807, 2.05) is 18.2 Å². The van der Waals surface area contributed by atoms with Gasteiger partial charge in [0.1, 0.15) is 6.29 Å². The third-order valence-corrected chi connectivity index (χ3v) is 4.43. The van der Waals surface area contributed by atoms with Gasteiger partial charge in [-0.3, -0.25) is 4.79 Å². The maximum Gasteiger partial charge on any atom is 0.255 e. The molecule has 1 heterocycles. The number of nitrogens with zero attached hydrogens (tertiary/aromatic N) is 2. The summed E-state index contributed by atoms with van der Waals surface area (Å²) >= 11 is 0. The summed E-state index contributed by atoms with van der Waals surface area (Å²) in [5.74, 6) is 0.800. The van der Waals surface area contributed by atoms with Crippen LogP contribution in [0.1, 0.15) is 40.4 Å². The number of benzene rings is 2. The lowest BCUT2D eigenvalue weighted by atomic mass is 9.95. The zero-order valence-corrected chi connectivity index (χ0v) is 15.3. The predicted octanol–water partition coefficient (Wildman–Crippen LogP) is 3.94. The van der Waals surface area contributed by atoms with E-state index in [-0.39, 0.29) is 11.9 Å². The van der Waals surface area contributed by atoms with Crippen molar-refractivity contribution in [3.05, 3.63) is 53.1 Å². The first kappa shape index (κ1) is 18.6. The molecule has 27 heavy (non-hydrogen) atoms. The lowest BCUT2D eigenvalue weighted by molar-refractivity contribution is -0.108. The van der Waals surface area contributed by atoms with Crippen LogP contribution in [0.5, 0.6) is 11.5 Å². The quantitative estimate of drug-likeness (QED) is 0.751. The molecule has 1 aliphatic heterocycles. The number of carbonyl (C=O) groups excluding carboxylic acids is 2. The number of carbonyl (C=O) groups is 2. The number of anilines is 1. The molecule has 0 fully saturated rings. The lowest BCUT2D eigenvalue weighted by Crippen LogP contribution is -2.13. The summed E-state index contributed by atoms with van der Waals surface area (Å²) in [6.07, 6.45) is 1.91. The van der Waals surface area contributed by atoms with Gasteiger partial charge < -0.3 is 19.6 Å². The predicted molar refractivity (Wildman–Crippen MR) is 101 cm³/mol. The molecule has 0 saturated heterocycles. The van der Waals surface area contributed by atoms with Gasteiger partial charge in [0.15, 0.2) is 11.5 Å². The molecule has 0 radical (unpaired) electrons. The number of hydrogen-bond donors (Lipinski definition) is 1. The first-order valence-corrected chi connectivity index (χ1v) is 8.62. The Kier molecular flexibility index (Phi) is 5.80. The zero-order chi connectivity index (χ0) is 19.2. The number of amides is 1. The van der Waals surface area contributed by atoms with E-state index in [1.54, 1.807) is 25.3 Å². The van der Waals surface area contributed by atoms with Crippen LogP contribution in [-0.4, -0.2) is 26.4 Å². The molecule has 0 bridgehead atoms. The van der Waals surface area contributed by atoms with Crippen LogP contribution in [0.15, 0.2) is 46.6 Å². The van der Waals surface area contributed by atoms with Crippen molar-refractivity contribution in [2.45, 2.75) is 25.4 Å². The van der Waals surface area contributed by atoms with Gasteiger partial charge in [0, 0.05) is 17.7 Å². The van der Waals surface area contributed by atoms with Gasteiger partial charge in [-0.15, -0.1) is 0 Å². The molecule has 1 aliphatic rings. The minimum Gasteiger partial charge on any atom is -0.493 e. The van der Waals surface area contributed by atoms with E-state index in [0.29, 0.717) is 42.1 Å². The van der Waals surface area contributed by atoms with Crippen LogP contribution in [0.3, 0.4) is 0 Å². The van der Waals surface area contributed by atoms with Gasteiger partial charge >= 0.3 is 0 Å². The zero-order valence-electron chi connectivity index (χ0n) is 15.3. The van der Waals surface area contributed by atoms with E-state index in [0.717, 1.165) is 17.4 Å². The molecule has 0 spiro atoms. The van der Waals surface area contributed by atoms with Gasteiger partial charge in [-0.1, -0.05) is 6.07 Å². The fraction of sp³-hybridized carbons (Fsp3) is 0.300. The van der Waals surface area contributed by atoms with E-state index < -0.39 is 0 Å². The van der Waals surface area contributed by atoms with Crippen molar-refractivity contribution >= 4 is 17.9 Å². The Hall–Kier alpha value is -3.22. The summed E-state index contributed by atoms with van der Waals surface area (Å²) in [5.41, 5.74) is 3.19. The first-order chi connectivity index (χ1) is 13.2. The van der Waals surface area contributed by atoms with Crippen LogP contribution in [0.4, 0.5) is 5.69 Å². The van der Waals surface area contributed by atoms with Gasteiger partial charge in [0.2, 0.25) is 0 Å². The number of nitrogens with one attached hydrogen (secondary N) is 1. The summed E-state index contributed by atoms with van der Waals surface area (Å²) < 4.78 is 10.4. The van der Waals surface area contributed by atoms with Crippen LogP contribution in [0.2, 0.25) is 0 Å². The second-order valence-corrected chi connectivity index (χ2v) is 6.11. The Morgan fingerprint density at radius 2 is 2.00 bits per heavy atom. The molecule has 7 heteroatoms. The topological polar surface area (TPSA) is 89.3 Å². The standard InChI is InChI=1S/C20H21N3O4/c1-26-18-8-6-13(10-19(18)27-2)20(25)22-15-7-5-14-12-21-23-17(4-3-9-24)16(14)11-15/h5-11,17H,3-4,12H2,1-2H3,(H,22,25). The summed E-state index contributed by atoms with van der Waals surface area (Å²) in [6.45, 7) is 0.511. The van der Waals surface area contributed by atoms with Gasteiger partial charge in [0.25, 0.3) is 5.91 Å². The van der Waals surface area contributed by atoms with E-state index in [4.69, 9.17) is 9.47 Å². The molecule has 1 N–H and O–H groups in total. The van der Waals surface area contributed by atoms with Crippen molar-refractivity contribution in [1.82, 2.24) is 0 Å². The second-order valence-electron chi connectivity index (χ2n) is 6.11. The molecule has 1 amide bonds. The van der Waals surface area contributed by atoms with Crippen LogP contribution >= 0.6 is 0 Å². The summed E-state index contributed by atoms with van der Waals surface area (Å²) in [6, 6.07) is 10.5. The highest BCUT2D eigenvalue weighted by Crippen LogP contribution is 2.33. The largest absolute Gasteiger partial charge is 0.493 e. The molecule has 2 aromatic rings. The fourth-order valence-electron chi connectivity index (χ4n) is 3.02. The monoisotopic (exact) mass is 367 g/mol. The lowest BCUT2D eigenvalue weighted by Gasteiger charge is -2.20. The number of rotatable bonds is 7. The molecular formula is C20H21N3O4. The minimum absolute atomic E-state index is 0.156. The molecule has 1 unspecified atom stereocenters. The number of hydrogen-bond acceptors (Lipinski definition) is 6. The SMILES string of the molecule is COc1ccc(C(=O)Nc2ccc3c(c2)C(CCC=O)N=NC3)cc1OC. The Bertz CT molecular complexity index is 880. The van der Waals surface area contributed by atoms with Crippen molar-refractivity contribution < 1.29 is 19.1 Å².